The van der Waals surface area contributed by atoms with Gasteiger partial charge in [0.2, 0.25) is 5.91 Å². The molecular formula is C18H12BrN3O3. The molecule has 0 spiro atoms. The quantitative estimate of drug-likeness (QED) is 0.802. The standard InChI is InChI=1S/C18H12BrN3O3/c19-12-4-5-14-15(9-12)18(25)22(17(14)24)7-6-16(23)21-13-3-1-2-11(8-13)10-20/h1-5,8-9H,6-7H2,(H,21,23). The van der Waals surface area contributed by atoms with Gasteiger partial charge in [0.05, 0.1) is 22.8 Å². The molecule has 0 aromatic heterocycles. The third kappa shape index (κ3) is 3.44. The molecule has 0 aliphatic carbocycles. The van der Waals surface area contributed by atoms with Crippen molar-refractivity contribution in [1.29, 1.82) is 5.26 Å². The highest BCUT2D eigenvalue weighted by Gasteiger charge is 2.35. The number of imide groups is 1. The van der Waals surface area contributed by atoms with Gasteiger partial charge in [-0.1, -0.05) is 22.0 Å². The lowest BCUT2D eigenvalue weighted by molar-refractivity contribution is -0.116. The summed E-state index contributed by atoms with van der Waals surface area (Å²) in [6.07, 6.45) is -0.0244. The second-order valence-corrected chi connectivity index (χ2v) is 6.36. The number of rotatable bonds is 4. The van der Waals surface area contributed by atoms with Crippen molar-refractivity contribution in [1.82, 2.24) is 4.90 Å². The van der Waals surface area contributed by atoms with Crippen LogP contribution < -0.4 is 5.32 Å². The third-order valence-corrected chi connectivity index (χ3v) is 4.26. The second kappa shape index (κ2) is 6.87. The summed E-state index contributed by atoms with van der Waals surface area (Å²) in [6.45, 7) is -0.00621. The molecule has 124 valence electrons. The molecule has 0 atom stereocenters. The molecule has 2 aromatic carbocycles. The Hall–Kier alpha value is -2.98. The lowest BCUT2D eigenvalue weighted by Gasteiger charge is -2.13. The van der Waals surface area contributed by atoms with Crippen LogP contribution >= 0.6 is 15.9 Å². The van der Waals surface area contributed by atoms with E-state index in [-0.39, 0.29) is 18.9 Å². The number of hydrogen-bond donors (Lipinski definition) is 1. The van der Waals surface area contributed by atoms with Gasteiger partial charge >= 0.3 is 0 Å². The Kier molecular flexibility index (Phi) is 4.63. The fourth-order valence-electron chi connectivity index (χ4n) is 2.57. The zero-order chi connectivity index (χ0) is 18.0. The zero-order valence-corrected chi connectivity index (χ0v) is 14.5. The molecule has 1 N–H and O–H groups in total. The number of nitrogens with zero attached hydrogens (tertiary/aromatic N) is 2. The van der Waals surface area contributed by atoms with Gasteiger partial charge in [0.15, 0.2) is 0 Å². The van der Waals surface area contributed by atoms with Gasteiger partial charge in [-0.05, 0) is 36.4 Å². The molecule has 2 aromatic rings. The molecule has 1 heterocycles. The molecular weight excluding hydrogens is 386 g/mol. The van der Waals surface area contributed by atoms with E-state index in [1.807, 2.05) is 6.07 Å². The number of benzene rings is 2. The Labute approximate surface area is 152 Å². The minimum atomic E-state index is -0.402. The summed E-state index contributed by atoms with van der Waals surface area (Å²) < 4.78 is 0.712. The maximum absolute atomic E-state index is 12.3. The Balaban J connectivity index is 1.64. The molecule has 1 aliphatic heterocycles. The first kappa shape index (κ1) is 16.9. The minimum absolute atomic E-state index is 0.00621. The van der Waals surface area contributed by atoms with Crippen molar-refractivity contribution in [2.24, 2.45) is 0 Å². The molecule has 0 saturated heterocycles. The fraction of sp³-hybridized carbons (Fsp3) is 0.111. The van der Waals surface area contributed by atoms with Crippen LogP contribution in [0.5, 0.6) is 0 Å². The van der Waals surface area contributed by atoms with Crippen LogP contribution in [0.3, 0.4) is 0 Å². The maximum atomic E-state index is 12.3. The number of hydrogen-bond acceptors (Lipinski definition) is 4. The first-order chi connectivity index (χ1) is 12.0. The van der Waals surface area contributed by atoms with Crippen LogP contribution in [0.15, 0.2) is 46.9 Å². The predicted molar refractivity (Wildman–Crippen MR) is 93.9 cm³/mol. The number of halogens is 1. The highest BCUT2D eigenvalue weighted by atomic mass is 79.9. The van der Waals surface area contributed by atoms with Crippen LogP contribution in [-0.4, -0.2) is 29.2 Å². The van der Waals surface area contributed by atoms with Crippen molar-refractivity contribution in [3.63, 3.8) is 0 Å². The van der Waals surface area contributed by atoms with Crippen LogP contribution in [0.1, 0.15) is 32.7 Å². The number of anilines is 1. The first-order valence-corrected chi connectivity index (χ1v) is 8.24. The molecule has 0 unspecified atom stereocenters. The predicted octanol–water partition coefficient (Wildman–Crippen LogP) is 2.95. The molecule has 25 heavy (non-hydrogen) atoms. The van der Waals surface area contributed by atoms with Crippen molar-refractivity contribution in [2.75, 3.05) is 11.9 Å². The van der Waals surface area contributed by atoms with E-state index in [1.165, 1.54) is 0 Å². The molecule has 1 aliphatic rings. The zero-order valence-electron chi connectivity index (χ0n) is 13.0. The Morgan fingerprint density at radius 2 is 1.88 bits per heavy atom. The van der Waals surface area contributed by atoms with Gasteiger partial charge in [-0.15, -0.1) is 0 Å². The van der Waals surface area contributed by atoms with E-state index in [2.05, 4.69) is 21.2 Å². The molecule has 0 saturated carbocycles. The normalized spacial score (nSPS) is 12.7. The van der Waals surface area contributed by atoms with E-state index >= 15 is 0 Å². The summed E-state index contributed by atoms with van der Waals surface area (Å²) in [4.78, 5) is 37.8. The Morgan fingerprint density at radius 1 is 1.12 bits per heavy atom. The smallest absolute Gasteiger partial charge is 0.261 e. The highest BCUT2D eigenvalue weighted by molar-refractivity contribution is 9.10. The van der Waals surface area contributed by atoms with Crippen molar-refractivity contribution in [3.8, 4) is 6.07 Å². The van der Waals surface area contributed by atoms with Crippen molar-refractivity contribution < 1.29 is 14.4 Å². The van der Waals surface area contributed by atoms with Crippen molar-refractivity contribution in [2.45, 2.75) is 6.42 Å². The number of nitriles is 1. The van der Waals surface area contributed by atoms with E-state index in [0.29, 0.717) is 26.9 Å². The average molecular weight is 398 g/mol. The molecule has 7 heteroatoms. The first-order valence-electron chi connectivity index (χ1n) is 7.45. The summed E-state index contributed by atoms with van der Waals surface area (Å²) >= 11 is 3.27. The number of carbonyl (C=O) groups is 3. The summed E-state index contributed by atoms with van der Waals surface area (Å²) in [5.41, 5.74) is 1.61. The van der Waals surface area contributed by atoms with Gasteiger partial charge in [0, 0.05) is 23.1 Å². The monoisotopic (exact) mass is 397 g/mol. The summed E-state index contributed by atoms with van der Waals surface area (Å²) in [6, 6.07) is 13.4. The lowest BCUT2D eigenvalue weighted by Crippen LogP contribution is -2.32. The number of amides is 3. The topological polar surface area (TPSA) is 90.3 Å². The molecule has 6 nitrogen and oxygen atoms in total. The molecule has 0 bridgehead atoms. The van der Waals surface area contributed by atoms with Gasteiger partial charge < -0.3 is 5.32 Å². The molecule has 3 amide bonds. The SMILES string of the molecule is N#Cc1cccc(NC(=O)CCN2C(=O)c3ccc(Br)cc3C2=O)c1. The Bertz CT molecular complexity index is 933. The third-order valence-electron chi connectivity index (χ3n) is 3.77. The van der Waals surface area contributed by atoms with E-state index < -0.39 is 11.8 Å². The second-order valence-electron chi connectivity index (χ2n) is 5.44. The van der Waals surface area contributed by atoms with E-state index in [9.17, 15) is 14.4 Å². The van der Waals surface area contributed by atoms with Crippen molar-refractivity contribution >= 4 is 39.3 Å². The number of fused-ring (bicyclic) bond motifs is 1. The fourth-order valence-corrected chi connectivity index (χ4v) is 2.93. The minimum Gasteiger partial charge on any atom is -0.326 e. The highest BCUT2D eigenvalue weighted by Crippen LogP contribution is 2.26. The van der Waals surface area contributed by atoms with Crippen LogP contribution in [0.4, 0.5) is 5.69 Å². The summed E-state index contributed by atoms with van der Waals surface area (Å²) in [7, 11) is 0. The summed E-state index contributed by atoms with van der Waals surface area (Å²) in [5.74, 6) is -1.14. The van der Waals surface area contributed by atoms with Gasteiger partial charge in [-0.25, -0.2) is 0 Å². The van der Waals surface area contributed by atoms with Crippen LogP contribution in [0.2, 0.25) is 0 Å². The van der Waals surface area contributed by atoms with Gasteiger partial charge in [-0.3, -0.25) is 19.3 Å². The molecule has 0 radical (unpaired) electrons. The van der Waals surface area contributed by atoms with Crippen LogP contribution in [0.25, 0.3) is 0 Å². The van der Waals surface area contributed by atoms with E-state index in [4.69, 9.17) is 5.26 Å². The largest absolute Gasteiger partial charge is 0.326 e. The van der Waals surface area contributed by atoms with Gasteiger partial charge in [0.25, 0.3) is 11.8 Å². The lowest BCUT2D eigenvalue weighted by atomic mass is 10.1. The molecule has 0 fully saturated rings. The average Bonchev–Trinajstić information content (AvgIpc) is 2.83. The number of nitrogens with one attached hydrogen (secondary N) is 1. The van der Waals surface area contributed by atoms with E-state index in [1.54, 1.807) is 42.5 Å². The van der Waals surface area contributed by atoms with Gasteiger partial charge in [-0.2, -0.15) is 5.26 Å². The summed E-state index contributed by atoms with van der Waals surface area (Å²) in [5, 5.41) is 11.5. The van der Waals surface area contributed by atoms with Gasteiger partial charge in [0.1, 0.15) is 0 Å². The van der Waals surface area contributed by atoms with E-state index in [0.717, 1.165) is 4.90 Å². The maximum Gasteiger partial charge on any atom is 0.261 e. The van der Waals surface area contributed by atoms with Crippen LogP contribution in [-0.2, 0) is 4.79 Å². The van der Waals surface area contributed by atoms with Crippen LogP contribution in [0, 0.1) is 11.3 Å². The Morgan fingerprint density at radius 3 is 2.64 bits per heavy atom. The van der Waals surface area contributed by atoms with Crippen molar-refractivity contribution in [3.05, 3.63) is 63.6 Å². The molecule has 3 rings (SSSR count). The number of carbonyl (C=O) groups excluding carboxylic acids is 3.